The molecule has 0 saturated carbocycles. The minimum Gasteiger partial charge on any atom is -0.309 e. The number of nitrogens with zero attached hydrogens (tertiary/aromatic N) is 6. The number of benzene rings is 9. The lowest BCUT2D eigenvalue weighted by atomic mass is 10.1. The summed E-state index contributed by atoms with van der Waals surface area (Å²) in [5, 5.41) is 7.35. The smallest absolute Gasteiger partial charge is 0.164 e. The average Bonchev–Trinajstić information content (AvgIpc) is 3.99. The third-order valence-electron chi connectivity index (χ3n) is 12.7. The van der Waals surface area contributed by atoms with Crippen LogP contribution in [0.2, 0.25) is 0 Å². The molecule has 0 saturated heterocycles. The van der Waals surface area contributed by atoms with Crippen molar-refractivity contribution in [3.05, 3.63) is 218 Å². The molecular formula is C58H38N6. The predicted octanol–water partition coefficient (Wildman–Crippen LogP) is 14.5. The number of para-hydroxylation sites is 4. The Bertz CT molecular complexity index is 3930. The van der Waals surface area contributed by atoms with Crippen LogP contribution in [0.15, 0.2) is 212 Å². The van der Waals surface area contributed by atoms with Crippen LogP contribution < -0.4 is 0 Å². The fourth-order valence-corrected chi connectivity index (χ4v) is 9.86. The Kier molecular flexibility index (Phi) is 8.02. The highest BCUT2D eigenvalue weighted by atomic mass is 15.0. The van der Waals surface area contributed by atoms with Gasteiger partial charge >= 0.3 is 0 Å². The molecule has 0 bridgehead atoms. The van der Waals surface area contributed by atoms with Crippen LogP contribution in [0, 0.1) is 6.92 Å². The number of hydrogen-bond donors (Lipinski definition) is 0. The second kappa shape index (κ2) is 14.2. The van der Waals surface area contributed by atoms with Gasteiger partial charge in [-0.05, 0) is 85.8 Å². The quantitative estimate of drug-likeness (QED) is 0.168. The SMILES string of the molecule is Cc1ccc2c(c1)c1ccccc1n2-c1cccc(-c2nc(-c3ccccc3)nc(-c3cccc(-n4c5ccccc5c5cc(-n6c7ccccc7c7ccccc76)ccc54)c3)n2)c1. The van der Waals surface area contributed by atoms with Gasteiger partial charge in [0.25, 0.3) is 0 Å². The standard InChI is InChI=1S/C58H38N6/c1-37-29-31-54-48(33-37)46-23-7-11-27-52(46)62(54)41-19-13-17-39(34-41)57-59-56(38-15-3-2-4-16-38)60-58(61-57)40-18-14-20-42(35-40)63-53-28-12-8-24-47(53)49-36-43(30-32-55(49)63)64-50-25-9-5-21-44(50)45-22-6-10-26-51(45)64/h2-36H,1H3. The zero-order chi connectivity index (χ0) is 42.3. The first kappa shape index (κ1) is 36.1. The van der Waals surface area contributed by atoms with E-state index in [1.165, 1.54) is 48.9 Å². The number of aromatic nitrogens is 6. The van der Waals surface area contributed by atoms with E-state index in [-0.39, 0.29) is 0 Å². The van der Waals surface area contributed by atoms with Crippen LogP contribution in [-0.4, -0.2) is 28.7 Å². The summed E-state index contributed by atoms with van der Waals surface area (Å²) >= 11 is 0. The van der Waals surface area contributed by atoms with Gasteiger partial charge in [-0.2, -0.15) is 0 Å². The topological polar surface area (TPSA) is 53.5 Å². The third-order valence-corrected chi connectivity index (χ3v) is 12.7. The molecule has 0 N–H and O–H groups in total. The summed E-state index contributed by atoms with van der Waals surface area (Å²) in [7, 11) is 0. The average molecular weight is 819 g/mol. The molecule has 0 aliphatic rings. The van der Waals surface area contributed by atoms with E-state index >= 15 is 0 Å². The van der Waals surface area contributed by atoms with E-state index in [0.29, 0.717) is 17.5 Å². The van der Waals surface area contributed by atoms with Gasteiger partial charge in [-0.25, -0.2) is 15.0 Å². The van der Waals surface area contributed by atoms with E-state index in [0.717, 1.165) is 55.8 Å². The minimum absolute atomic E-state index is 0.609. The van der Waals surface area contributed by atoms with E-state index in [9.17, 15) is 0 Å². The number of rotatable bonds is 6. The van der Waals surface area contributed by atoms with Gasteiger partial charge in [0.15, 0.2) is 17.5 Å². The van der Waals surface area contributed by atoms with Gasteiger partial charge in [-0.1, -0.05) is 139 Å². The summed E-state index contributed by atoms with van der Waals surface area (Å²) in [5.41, 5.74) is 14.2. The zero-order valence-electron chi connectivity index (χ0n) is 34.9. The van der Waals surface area contributed by atoms with Gasteiger partial charge in [0.2, 0.25) is 0 Å². The highest BCUT2D eigenvalue weighted by molar-refractivity contribution is 6.12. The summed E-state index contributed by atoms with van der Waals surface area (Å²) in [6, 6.07) is 75.5. The van der Waals surface area contributed by atoms with Crippen LogP contribution in [0.4, 0.5) is 0 Å². The summed E-state index contributed by atoms with van der Waals surface area (Å²) in [5.74, 6) is 1.85. The fourth-order valence-electron chi connectivity index (χ4n) is 9.86. The van der Waals surface area contributed by atoms with Crippen molar-refractivity contribution in [3.63, 3.8) is 0 Å². The van der Waals surface area contributed by atoms with E-state index in [2.05, 4.69) is 215 Å². The van der Waals surface area contributed by atoms with Crippen molar-refractivity contribution in [1.29, 1.82) is 0 Å². The minimum atomic E-state index is 0.609. The third kappa shape index (κ3) is 5.63. The maximum absolute atomic E-state index is 5.25. The first-order valence-corrected chi connectivity index (χ1v) is 21.7. The number of aryl methyl sites for hydroxylation is 1. The number of hydrogen-bond acceptors (Lipinski definition) is 3. The second-order valence-electron chi connectivity index (χ2n) is 16.6. The molecule has 64 heavy (non-hydrogen) atoms. The molecule has 0 fully saturated rings. The Morgan fingerprint density at radius 1 is 0.266 bits per heavy atom. The second-order valence-corrected chi connectivity index (χ2v) is 16.6. The Morgan fingerprint density at radius 2 is 0.625 bits per heavy atom. The van der Waals surface area contributed by atoms with Crippen molar-refractivity contribution in [2.45, 2.75) is 6.92 Å². The van der Waals surface area contributed by atoms with Crippen LogP contribution in [-0.2, 0) is 0 Å². The lowest BCUT2D eigenvalue weighted by Crippen LogP contribution is -2.02. The van der Waals surface area contributed by atoms with Crippen LogP contribution in [0.5, 0.6) is 0 Å². The normalized spacial score (nSPS) is 11.8. The van der Waals surface area contributed by atoms with Crippen LogP contribution in [0.3, 0.4) is 0 Å². The van der Waals surface area contributed by atoms with Crippen molar-refractivity contribution < 1.29 is 0 Å². The van der Waals surface area contributed by atoms with E-state index in [1.54, 1.807) is 0 Å². The van der Waals surface area contributed by atoms with Crippen molar-refractivity contribution in [3.8, 4) is 51.2 Å². The highest BCUT2D eigenvalue weighted by Gasteiger charge is 2.19. The molecule has 0 aliphatic carbocycles. The van der Waals surface area contributed by atoms with Gasteiger partial charge in [-0.3, -0.25) is 0 Å². The molecular weight excluding hydrogens is 781 g/mol. The zero-order valence-corrected chi connectivity index (χ0v) is 34.9. The van der Waals surface area contributed by atoms with E-state index < -0.39 is 0 Å². The highest BCUT2D eigenvalue weighted by Crippen LogP contribution is 2.38. The maximum atomic E-state index is 5.25. The van der Waals surface area contributed by atoms with Crippen molar-refractivity contribution in [2.75, 3.05) is 0 Å². The Labute approximate surface area is 368 Å². The Morgan fingerprint density at radius 3 is 1.12 bits per heavy atom. The van der Waals surface area contributed by atoms with Crippen LogP contribution in [0.1, 0.15) is 5.56 Å². The summed E-state index contributed by atoms with van der Waals surface area (Å²) < 4.78 is 7.09. The predicted molar refractivity (Wildman–Crippen MR) is 264 cm³/mol. The molecule has 0 radical (unpaired) electrons. The maximum Gasteiger partial charge on any atom is 0.164 e. The molecule has 0 atom stereocenters. The molecule has 4 aromatic heterocycles. The molecule has 6 heteroatoms. The monoisotopic (exact) mass is 818 g/mol. The van der Waals surface area contributed by atoms with Gasteiger partial charge in [0.1, 0.15) is 0 Å². The lowest BCUT2D eigenvalue weighted by molar-refractivity contribution is 1.07. The van der Waals surface area contributed by atoms with Crippen LogP contribution in [0.25, 0.3) is 117 Å². The van der Waals surface area contributed by atoms with Gasteiger partial charge in [0.05, 0.1) is 33.1 Å². The lowest BCUT2D eigenvalue weighted by Gasteiger charge is -2.13. The Balaban J connectivity index is 0.963. The molecule has 300 valence electrons. The largest absolute Gasteiger partial charge is 0.309 e. The van der Waals surface area contributed by atoms with E-state index in [1.807, 2.05) is 18.2 Å². The molecule has 13 rings (SSSR count). The number of fused-ring (bicyclic) bond motifs is 9. The van der Waals surface area contributed by atoms with Gasteiger partial charge in [0, 0.05) is 66.1 Å². The molecule has 0 spiro atoms. The summed E-state index contributed by atoms with van der Waals surface area (Å²) in [4.78, 5) is 15.6. The van der Waals surface area contributed by atoms with Gasteiger partial charge < -0.3 is 13.7 Å². The molecule has 13 aromatic rings. The van der Waals surface area contributed by atoms with Crippen LogP contribution >= 0.6 is 0 Å². The fraction of sp³-hybridized carbons (Fsp3) is 0.0172. The first-order valence-electron chi connectivity index (χ1n) is 21.7. The summed E-state index contributed by atoms with van der Waals surface area (Å²) in [6.45, 7) is 2.15. The van der Waals surface area contributed by atoms with Crippen molar-refractivity contribution in [2.24, 2.45) is 0 Å². The molecule has 9 aromatic carbocycles. The molecule has 0 amide bonds. The Hall–Kier alpha value is -8.61. The van der Waals surface area contributed by atoms with Crippen molar-refractivity contribution >= 4 is 65.4 Å². The van der Waals surface area contributed by atoms with Gasteiger partial charge in [-0.15, -0.1) is 0 Å². The first-order chi connectivity index (χ1) is 31.6. The van der Waals surface area contributed by atoms with E-state index in [4.69, 9.17) is 15.0 Å². The molecule has 6 nitrogen and oxygen atoms in total. The summed E-state index contributed by atoms with van der Waals surface area (Å²) in [6.07, 6.45) is 0. The van der Waals surface area contributed by atoms with Crippen molar-refractivity contribution in [1.82, 2.24) is 28.7 Å². The molecule has 0 aliphatic heterocycles. The molecule has 4 heterocycles. The molecule has 0 unspecified atom stereocenters.